The van der Waals surface area contributed by atoms with Crippen LogP contribution in [0, 0.1) is 0 Å². The summed E-state index contributed by atoms with van der Waals surface area (Å²) in [5, 5.41) is 11.1. The van der Waals surface area contributed by atoms with E-state index in [1.165, 1.54) is 10.4 Å². The summed E-state index contributed by atoms with van der Waals surface area (Å²) in [5.41, 5.74) is 0. The van der Waals surface area contributed by atoms with Gasteiger partial charge in [-0.05, 0) is 35.2 Å². The van der Waals surface area contributed by atoms with Gasteiger partial charge in [-0.15, -0.1) is 0 Å². The second kappa shape index (κ2) is 14.4. The van der Waals surface area contributed by atoms with Crippen molar-refractivity contribution in [1.82, 2.24) is 0 Å². The third kappa shape index (κ3) is 7.77. The van der Waals surface area contributed by atoms with Crippen molar-refractivity contribution in [3.05, 3.63) is 60.7 Å². The highest BCUT2D eigenvalue weighted by atomic mass is 28.4. The minimum atomic E-state index is -2.76. The second-order valence-corrected chi connectivity index (χ2v) is 13.9. The number of benzene rings is 2. The zero-order chi connectivity index (χ0) is 24.9. The molecule has 5 nitrogen and oxygen atoms in total. The Bertz CT molecular complexity index is 780. The van der Waals surface area contributed by atoms with Crippen LogP contribution in [-0.4, -0.2) is 51.9 Å². The lowest BCUT2D eigenvalue weighted by atomic mass is 10.1. The molecule has 1 N–H and O–H groups in total. The highest BCUT2D eigenvalue weighted by Gasteiger charge is 2.50. The van der Waals surface area contributed by atoms with Crippen molar-refractivity contribution in [2.75, 3.05) is 26.4 Å². The molecule has 2 rings (SSSR count). The SMILES string of the molecule is CCOC(=O)C(CO[Si](c1ccccc1)(c1ccccc1)C(C)(C)C)OCCCCCCCO. The molecule has 0 radical (unpaired) electrons. The van der Waals surface area contributed by atoms with Gasteiger partial charge in [0.05, 0.1) is 13.2 Å². The first-order valence-electron chi connectivity index (χ1n) is 12.5. The van der Waals surface area contributed by atoms with Crippen molar-refractivity contribution >= 4 is 24.7 Å². The molecule has 1 unspecified atom stereocenters. The fourth-order valence-corrected chi connectivity index (χ4v) is 8.91. The largest absolute Gasteiger partial charge is 0.464 e. The first kappa shape index (κ1) is 28.2. The van der Waals surface area contributed by atoms with Crippen LogP contribution in [0.5, 0.6) is 0 Å². The predicted octanol–water partition coefficient (Wildman–Crippen LogP) is 4.45. The Balaban J connectivity index is 2.24. The monoisotopic (exact) mass is 486 g/mol. The van der Waals surface area contributed by atoms with Crippen LogP contribution in [0.25, 0.3) is 0 Å². The molecule has 0 aliphatic heterocycles. The molecular weight excluding hydrogens is 444 g/mol. The van der Waals surface area contributed by atoms with Gasteiger partial charge in [0.15, 0.2) is 6.10 Å². The lowest BCUT2D eigenvalue weighted by Crippen LogP contribution is -2.67. The molecule has 188 valence electrons. The van der Waals surface area contributed by atoms with E-state index in [1.807, 2.05) is 36.4 Å². The Labute approximate surface area is 206 Å². The lowest BCUT2D eigenvalue weighted by Gasteiger charge is -2.43. The summed E-state index contributed by atoms with van der Waals surface area (Å²) in [5.74, 6) is -0.374. The van der Waals surface area contributed by atoms with Crippen LogP contribution in [0.3, 0.4) is 0 Å². The minimum Gasteiger partial charge on any atom is -0.464 e. The molecule has 0 bridgehead atoms. The average molecular weight is 487 g/mol. The van der Waals surface area contributed by atoms with Crippen molar-refractivity contribution in [2.24, 2.45) is 0 Å². The molecule has 0 saturated carbocycles. The van der Waals surface area contributed by atoms with Gasteiger partial charge in [0, 0.05) is 13.2 Å². The smallest absolute Gasteiger partial charge is 0.337 e. The molecule has 0 aliphatic carbocycles. The standard InChI is InChI=1S/C28H42O5Si/c1-5-31-27(30)26(32-22-16-8-6-7-15-21-29)23-33-34(28(2,3)4,24-17-11-9-12-18-24)25-19-13-10-14-20-25/h9-14,17-20,26,29H,5-8,15-16,21-23H2,1-4H3. The lowest BCUT2D eigenvalue weighted by molar-refractivity contribution is -0.159. The molecule has 0 saturated heterocycles. The summed E-state index contributed by atoms with van der Waals surface area (Å²) < 4.78 is 18.2. The van der Waals surface area contributed by atoms with Crippen molar-refractivity contribution < 1.29 is 23.8 Å². The maximum Gasteiger partial charge on any atom is 0.337 e. The molecule has 34 heavy (non-hydrogen) atoms. The average Bonchev–Trinajstić information content (AvgIpc) is 2.83. The Hall–Kier alpha value is -1.99. The van der Waals surface area contributed by atoms with Gasteiger partial charge < -0.3 is 19.0 Å². The summed E-state index contributed by atoms with van der Waals surface area (Å²) in [7, 11) is -2.76. The molecule has 2 aromatic rings. The van der Waals surface area contributed by atoms with Gasteiger partial charge in [-0.25, -0.2) is 4.79 Å². The molecule has 6 heteroatoms. The number of carbonyl (C=O) groups is 1. The van der Waals surface area contributed by atoms with Gasteiger partial charge in [0.1, 0.15) is 0 Å². The molecule has 1 atom stereocenters. The van der Waals surface area contributed by atoms with Crippen LogP contribution in [0.2, 0.25) is 5.04 Å². The summed E-state index contributed by atoms with van der Waals surface area (Å²) in [4.78, 5) is 12.7. The number of rotatable bonds is 15. The number of unbranched alkanes of at least 4 members (excludes halogenated alkanes) is 4. The summed E-state index contributed by atoms with van der Waals surface area (Å²) in [6.07, 6.45) is 3.99. The predicted molar refractivity (Wildman–Crippen MR) is 140 cm³/mol. The third-order valence-electron chi connectivity index (χ3n) is 6.04. The molecule has 2 aromatic carbocycles. The summed E-state index contributed by atoms with van der Waals surface area (Å²) >= 11 is 0. The van der Waals surface area contributed by atoms with E-state index in [4.69, 9.17) is 19.0 Å². The Kier molecular flexibility index (Phi) is 12.0. The van der Waals surface area contributed by atoms with Crippen LogP contribution in [0.15, 0.2) is 60.7 Å². The molecule has 0 amide bonds. The van der Waals surface area contributed by atoms with E-state index in [-0.39, 0.29) is 24.2 Å². The van der Waals surface area contributed by atoms with Crippen molar-refractivity contribution in [3.63, 3.8) is 0 Å². The Morgan fingerprint density at radius 1 is 0.882 bits per heavy atom. The fourth-order valence-electron chi connectivity index (χ4n) is 4.35. The number of carbonyl (C=O) groups excluding carboxylic acids is 1. The van der Waals surface area contributed by atoms with Gasteiger partial charge in [-0.3, -0.25) is 0 Å². The number of ether oxygens (including phenoxy) is 2. The normalized spacial score (nSPS) is 13.0. The molecule has 0 aromatic heterocycles. The summed E-state index contributed by atoms with van der Waals surface area (Å²) in [6.45, 7) is 9.62. The van der Waals surface area contributed by atoms with Crippen LogP contribution < -0.4 is 10.4 Å². The van der Waals surface area contributed by atoms with Crippen molar-refractivity contribution in [1.29, 1.82) is 0 Å². The number of hydrogen-bond acceptors (Lipinski definition) is 5. The van der Waals surface area contributed by atoms with Gasteiger partial charge >= 0.3 is 5.97 Å². The van der Waals surface area contributed by atoms with E-state index in [0.29, 0.717) is 13.2 Å². The highest BCUT2D eigenvalue weighted by Crippen LogP contribution is 2.36. The van der Waals surface area contributed by atoms with Crippen LogP contribution in [0.1, 0.15) is 59.8 Å². The Morgan fingerprint density at radius 2 is 1.41 bits per heavy atom. The number of aliphatic hydroxyl groups is 1. The first-order chi connectivity index (χ1) is 16.4. The minimum absolute atomic E-state index is 0.149. The topological polar surface area (TPSA) is 65.0 Å². The van der Waals surface area contributed by atoms with E-state index < -0.39 is 14.4 Å². The first-order valence-corrected chi connectivity index (χ1v) is 14.4. The van der Waals surface area contributed by atoms with Crippen molar-refractivity contribution in [3.8, 4) is 0 Å². The molecular formula is C28H42O5Si. The number of esters is 1. The van der Waals surface area contributed by atoms with E-state index in [2.05, 4.69) is 45.0 Å². The molecule has 0 spiro atoms. The Morgan fingerprint density at radius 3 is 1.91 bits per heavy atom. The van der Waals surface area contributed by atoms with Gasteiger partial charge in [0.2, 0.25) is 0 Å². The quantitative estimate of drug-likeness (QED) is 0.229. The van der Waals surface area contributed by atoms with Gasteiger partial charge in [0.25, 0.3) is 8.32 Å². The second-order valence-electron chi connectivity index (χ2n) is 9.58. The summed E-state index contributed by atoms with van der Waals surface area (Å²) in [6, 6.07) is 20.8. The molecule has 0 aliphatic rings. The fraction of sp³-hybridized carbons (Fsp3) is 0.536. The maximum atomic E-state index is 12.7. The maximum absolute atomic E-state index is 12.7. The highest BCUT2D eigenvalue weighted by molar-refractivity contribution is 6.99. The number of aliphatic hydroxyl groups excluding tert-OH is 1. The van der Waals surface area contributed by atoms with E-state index in [0.717, 1.165) is 32.1 Å². The third-order valence-corrected chi connectivity index (χ3v) is 11.0. The van der Waals surface area contributed by atoms with E-state index in [1.54, 1.807) is 6.92 Å². The zero-order valence-corrected chi connectivity index (χ0v) is 22.3. The van der Waals surface area contributed by atoms with Gasteiger partial charge in [-0.1, -0.05) is 101 Å². The number of hydrogen-bond donors (Lipinski definition) is 1. The van der Waals surface area contributed by atoms with Crippen LogP contribution in [-0.2, 0) is 18.7 Å². The van der Waals surface area contributed by atoms with Crippen LogP contribution in [0.4, 0.5) is 0 Å². The molecule has 0 fully saturated rings. The van der Waals surface area contributed by atoms with Crippen LogP contribution >= 0.6 is 0 Å². The van der Waals surface area contributed by atoms with E-state index in [9.17, 15) is 4.79 Å². The van der Waals surface area contributed by atoms with Gasteiger partial charge in [-0.2, -0.15) is 0 Å². The molecule has 0 heterocycles. The van der Waals surface area contributed by atoms with Crippen molar-refractivity contribution in [2.45, 2.75) is 70.9 Å². The zero-order valence-electron chi connectivity index (χ0n) is 21.3. The van der Waals surface area contributed by atoms with E-state index >= 15 is 0 Å².